The molecule has 30 heavy (non-hydrogen) atoms. The van der Waals surface area contributed by atoms with Crippen molar-refractivity contribution >= 4 is 46.4 Å². The van der Waals surface area contributed by atoms with Crippen LogP contribution in [-0.2, 0) is 4.79 Å². The Morgan fingerprint density at radius 2 is 1.50 bits per heavy atom. The Labute approximate surface area is 185 Å². The molecule has 0 spiro atoms. The lowest BCUT2D eigenvalue weighted by Crippen LogP contribution is -2.20. The molecular weight excluding hydrogens is 423 g/mol. The highest BCUT2D eigenvalue weighted by molar-refractivity contribution is 6.37. The Morgan fingerprint density at radius 3 is 2.13 bits per heavy atom. The maximum Gasteiger partial charge on any atom is 0.262 e. The smallest absolute Gasteiger partial charge is 0.262 e. The predicted octanol–water partition coefficient (Wildman–Crippen LogP) is 5.88. The average molecular weight is 443 g/mol. The van der Waals surface area contributed by atoms with Gasteiger partial charge in [0.15, 0.2) is 6.61 Å². The largest absolute Gasteiger partial charge is 0.484 e. The zero-order chi connectivity index (χ0) is 21.7. The van der Waals surface area contributed by atoms with Crippen molar-refractivity contribution in [3.63, 3.8) is 0 Å². The zero-order valence-electron chi connectivity index (χ0n) is 16.5. The summed E-state index contributed by atoms with van der Waals surface area (Å²) < 4.78 is 5.53. The molecular formula is C23H20Cl2N2O3. The number of anilines is 2. The van der Waals surface area contributed by atoms with Crippen LogP contribution in [0.3, 0.4) is 0 Å². The molecule has 0 aromatic heterocycles. The van der Waals surface area contributed by atoms with Crippen LogP contribution < -0.4 is 15.4 Å². The number of rotatable bonds is 6. The molecule has 3 aromatic carbocycles. The van der Waals surface area contributed by atoms with E-state index in [2.05, 4.69) is 10.6 Å². The normalized spacial score (nSPS) is 10.4. The van der Waals surface area contributed by atoms with Gasteiger partial charge in [-0.25, -0.2) is 0 Å². The summed E-state index contributed by atoms with van der Waals surface area (Å²) in [5.41, 5.74) is 3.74. The summed E-state index contributed by atoms with van der Waals surface area (Å²) >= 11 is 11.9. The summed E-state index contributed by atoms with van der Waals surface area (Å²) in [6.07, 6.45) is 0. The summed E-state index contributed by atoms with van der Waals surface area (Å²) in [5, 5.41) is 6.23. The molecule has 5 nitrogen and oxygen atoms in total. The first-order valence-corrected chi connectivity index (χ1v) is 9.94. The van der Waals surface area contributed by atoms with Crippen molar-refractivity contribution < 1.29 is 14.3 Å². The summed E-state index contributed by atoms with van der Waals surface area (Å²) in [6.45, 7) is 3.90. The van der Waals surface area contributed by atoms with Gasteiger partial charge in [-0.1, -0.05) is 29.3 Å². The third-order valence-electron chi connectivity index (χ3n) is 4.45. The number of amides is 2. The highest BCUT2D eigenvalue weighted by Gasteiger charge is 2.11. The van der Waals surface area contributed by atoms with Crippen LogP contribution in [0.15, 0.2) is 60.7 Å². The van der Waals surface area contributed by atoms with E-state index in [0.717, 1.165) is 11.1 Å². The van der Waals surface area contributed by atoms with E-state index in [0.29, 0.717) is 27.7 Å². The van der Waals surface area contributed by atoms with Crippen molar-refractivity contribution in [2.75, 3.05) is 17.2 Å². The molecule has 3 aromatic rings. The number of halogens is 2. The van der Waals surface area contributed by atoms with Crippen molar-refractivity contribution in [2.24, 2.45) is 0 Å². The molecule has 7 heteroatoms. The molecule has 0 fully saturated rings. The molecule has 0 radical (unpaired) electrons. The fourth-order valence-corrected chi connectivity index (χ4v) is 3.15. The SMILES string of the molecule is Cc1ccc(OCC(=O)Nc2ccc(NC(=O)c3ccc(Cl)cc3Cl)cc2)cc1C. The van der Waals surface area contributed by atoms with E-state index in [1.807, 2.05) is 32.0 Å². The van der Waals surface area contributed by atoms with Gasteiger partial charge in [-0.15, -0.1) is 0 Å². The van der Waals surface area contributed by atoms with Gasteiger partial charge in [0.05, 0.1) is 10.6 Å². The van der Waals surface area contributed by atoms with E-state index in [1.54, 1.807) is 36.4 Å². The van der Waals surface area contributed by atoms with Crippen LogP contribution in [-0.4, -0.2) is 18.4 Å². The first-order chi connectivity index (χ1) is 14.3. The average Bonchev–Trinajstić information content (AvgIpc) is 2.70. The van der Waals surface area contributed by atoms with Gasteiger partial charge in [0.1, 0.15) is 5.75 Å². The van der Waals surface area contributed by atoms with Gasteiger partial charge in [0.25, 0.3) is 11.8 Å². The van der Waals surface area contributed by atoms with Gasteiger partial charge >= 0.3 is 0 Å². The summed E-state index contributed by atoms with van der Waals surface area (Å²) in [7, 11) is 0. The van der Waals surface area contributed by atoms with Crippen molar-refractivity contribution in [1.82, 2.24) is 0 Å². The number of carbonyl (C=O) groups is 2. The molecule has 0 unspecified atom stereocenters. The van der Waals surface area contributed by atoms with Gasteiger partial charge in [0.2, 0.25) is 0 Å². The Kier molecular flexibility index (Phi) is 6.98. The lowest BCUT2D eigenvalue weighted by Gasteiger charge is -2.10. The van der Waals surface area contributed by atoms with Crippen molar-refractivity contribution in [3.8, 4) is 5.75 Å². The number of aryl methyl sites for hydroxylation is 2. The van der Waals surface area contributed by atoms with Crippen LogP contribution in [0, 0.1) is 13.8 Å². The van der Waals surface area contributed by atoms with Crippen molar-refractivity contribution in [2.45, 2.75) is 13.8 Å². The molecule has 0 saturated heterocycles. The predicted molar refractivity (Wildman–Crippen MR) is 121 cm³/mol. The minimum absolute atomic E-state index is 0.101. The van der Waals surface area contributed by atoms with Crippen LogP contribution in [0.2, 0.25) is 10.0 Å². The fraction of sp³-hybridized carbons (Fsp3) is 0.130. The molecule has 2 N–H and O–H groups in total. The number of hydrogen-bond donors (Lipinski definition) is 2. The van der Waals surface area contributed by atoms with Crippen LogP contribution in [0.4, 0.5) is 11.4 Å². The molecule has 3 rings (SSSR count). The van der Waals surface area contributed by atoms with Gasteiger partial charge in [-0.2, -0.15) is 0 Å². The lowest BCUT2D eigenvalue weighted by molar-refractivity contribution is -0.118. The van der Waals surface area contributed by atoms with E-state index < -0.39 is 0 Å². The topological polar surface area (TPSA) is 67.4 Å². The van der Waals surface area contributed by atoms with Gasteiger partial charge < -0.3 is 15.4 Å². The van der Waals surface area contributed by atoms with Crippen molar-refractivity contribution in [1.29, 1.82) is 0 Å². The quantitative estimate of drug-likeness (QED) is 0.500. The maximum atomic E-state index is 12.3. The molecule has 154 valence electrons. The molecule has 0 bridgehead atoms. The monoisotopic (exact) mass is 442 g/mol. The molecule has 0 aliphatic carbocycles. The minimum atomic E-state index is -0.352. The van der Waals surface area contributed by atoms with Crippen molar-refractivity contribution in [3.05, 3.63) is 87.4 Å². The van der Waals surface area contributed by atoms with Gasteiger partial charge in [-0.05, 0) is 79.6 Å². The number of ether oxygens (including phenoxy) is 1. The second kappa shape index (κ2) is 9.65. The Morgan fingerprint density at radius 1 is 0.833 bits per heavy atom. The Hall–Kier alpha value is -3.02. The summed E-state index contributed by atoms with van der Waals surface area (Å²) in [6, 6.07) is 17.1. The third-order valence-corrected chi connectivity index (χ3v) is 5.00. The number of benzene rings is 3. The van der Waals surface area contributed by atoms with Gasteiger partial charge in [0, 0.05) is 16.4 Å². The summed E-state index contributed by atoms with van der Waals surface area (Å²) in [5.74, 6) is 0.0142. The van der Waals surface area contributed by atoms with Crippen LogP contribution in [0.1, 0.15) is 21.5 Å². The summed E-state index contributed by atoms with van der Waals surface area (Å²) in [4.78, 5) is 24.5. The standard InChI is InChI=1S/C23H20Cl2N2O3/c1-14-3-9-19(11-15(14)2)30-13-22(28)26-17-5-7-18(8-6-17)27-23(29)20-10-4-16(24)12-21(20)25/h3-12H,13H2,1-2H3,(H,26,28)(H,27,29). The van der Waals surface area contributed by atoms with E-state index in [4.69, 9.17) is 27.9 Å². The highest BCUT2D eigenvalue weighted by atomic mass is 35.5. The Balaban J connectivity index is 1.54. The minimum Gasteiger partial charge on any atom is -0.484 e. The van der Waals surface area contributed by atoms with Crippen LogP contribution in [0.25, 0.3) is 0 Å². The highest BCUT2D eigenvalue weighted by Crippen LogP contribution is 2.22. The molecule has 2 amide bonds. The van der Waals surface area contributed by atoms with E-state index in [1.165, 1.54) is 6.07 Å². The third kappa shape index (κ3) is 5.75. The zero-order valence-corrected chi connectivity index (χ0v) is 18.0. The molecule has 0 aliphatic rings. The number of carbonyl (C=O) groups excluding carboxylic acids is 2. The van der Waals surface area contributed by atoms with Crippen LogP contribution >= 0.6 is 23.2 Å². The molecule has 0 atom stereocenters. The number of hydrogen-bond acceptors (Lipinski definition) is 3. The first-order valence-electron chi connectivity index (χ1n) is 9.18. The van der Waals surface area contributed by atoms with E-state index in [9.17, 15) is 9.59 Å². The molecule has 0 heterocycles. The fourth-order valence-electron chi connectivity index (χ4n) is 2.66. The second-order valence-electron chi connectivity index (χ2n) is 6.74. The first kappa shape index (κ1) is 21.7. The molecule has 0 saturated carbocycles. The van der Waals surface area contributed by atoms with E-state index in [-0.39, 0.29) is 23.4 Å². The second-order valence-corrected chi connectivity index (χ2v) is 7.58. The number of nitrogens with one attached hydrogen (secondary N) is 2. The lowest BCUT2D eigenvalue weighted by atomic mass is 10.1. The van der Waals surface area contributed by atoms with E-state index >= 15 is 0 Å². The maximum absolute atomic E-state index is 12.3. The Bertz CT molecular complexity index is 1080. The van der Waals surface area contributed by atoms with Crippen LogP contribution in [0.5, 0.6) is 5.75 Å². The van der Waals surface area contributed by atoms with Gasteiger partial charge in [-0.3, -0.25) is 9.59 Å². The molecule has 0 aliphatic heterocycles.